The normalized spacial score (nSPS) is 17.1. The lowest BCUT2D eigenvalue weighted by atomic mass is 9.87. The third-order valence-corrected chi connectivity index (χ3v) is 11.2. The van der Waals surface area contributed by atoms with Gasteiger partial charge in [-0.1, -0.05) is 129 Å². The number of aromatic nitrogens is 5. The Kier molecular flexibility index (Phi) is 7.62. The summed E-state index contributed by atoms with van der Waals surface area (Å²) >= 11 is 0. The Morgan fingerprint density at radius 1 is 0.574 bits per heavy atom. The molecule has 5 nitrogen and oxygen atoms in total. The van der Waals surface area contributed by atoms with E-state index >= 15 is 0 Å². The van der Waals surface area contributed by atoms with Crippen molar-refractivity contribution < 1.29 is 0 Å². The van der Waals surface area contributed by atoms with Crippen molar-refractivity contribution in [2.75, 3.05) is 0 Å². The highest BCUT2D eigenvalue weighted by molar-refractivity contribution is 6.13. The first-order valence-corrected chi connectivity index (χ1v) is 18.9. The summed E-state index contributed by atoms with van der Waals surface area (Å²) in [5, 5.41) is 4.80. The number of nitrogens with zero attached hydrogens (tertiary/aromatic N) is 5. The van der Waals surface area contributed by atoms with Gasteiger partial charge in [-0.25, -0.2) is 4.98 Å². The summed E-state index contributed by atoms with van der Waals surface area (Å²) in [4.78, 5) is 15.2. The summed E-state index contributed by atoms with van der Waals surface area (Å²) < 4.78 is 4.60. The summed E-state index contributed by atoms with van der Waals surface area (Å²) in [5.41, 5.74) is 10.1. The maximum atomic E-state index is 5.13. The number of hydrogen-bond donors (Lipinski definition) is 0. The average molecular weight is 698 g/mol. The van der Waals surface area contributed by atoms with Crippen LogP contribution in [0.2, 0.25) is 0 Å². The van der Waals surface area contributed by atoms with Crippen molar-refractivity contribution in [3.05, 3.63) is 170 Å². The molecule has 0 spiro atoms. The van der Waals surface area contributed by atoms with Gasteiger partial charge in [-0.3, -0.25) is 4.57 Å². The van der Waals surface area contributed by atoms with Crippen LogP contribution in [0.25, 0.3) is 83.3 Å². The van der Waals surface area contributed by atoms with Gasteiger partial charge in [-0.2, -0.15) is 9.97 Å². The van der Waals surface area contributed by atoms with E-state index < -0.39 is 0 Å². The Morgan fingerprint density at radius 3 is 1.89 bits per heavy atom. The van der Waals surface area contributed by atoms with E-state index in [0.29, 0.717) is 17.6 Å². The van der Waals surface area contributed by atoms with E-state index in [2.05, 4.69) is 169 Å². The van der Waals surface area contributed by atoms with E-state index in [1.165, 1.54) is 33.1 Å². The Morgan fingerprint density at radius 2 is 1.20 bits per heavy atom. The van der Waals surface area contributed by atoms with Crippen molar-refractivity contribution in [1.29, 1.82) is 0 Å². The van der Waals surface area contributed by atoms with Crippen molar-refractivity contribution in [1.82, 2.24) is 24.1 Å². The van der Waals surface area contributed by atoms with Crippen LogP contribution >= 0.6 is 0 Å². The van der Waals surface area contributed by atoms with Gasteiger partial charge in [-0.15, -0.1) is 0 Å². The molecule has 0 amide bonds. The number of rotatable bonds is 6. The van der Waals surface area contributed by atoms with Gasteiger partial charge in [0.2, 0.25) is 5.95 Å². The molecule has 10 rings (SSSR count). The first-order valence-electron chi connectivity index (χ1n) is 18.9. The average Bonchev–Trinajstić information content (AvgIpc) is 3.66. The van der Waals surface area contributed by atoms with Crippen LogP contribution in [0.4, 0.5) is 0 Å². The zero-order valence-electron chi connectivity index (χ0n) is 30.4. The quantitative estimate of drug-likeness (QED) is 0.174. The Labute approximate surface area is 314 Å². The van der Waals surface area contributed by atoms with Gasteiger partial charge in [-0.05, 0) is 78.9 Å². The molecule has 2 aliphatic rings. The van der Waals surface area contributed by atoms with E-state index in [9.17, 15) is 0 Å². The lowest BCUT2D eigenvalue weighted by molar-refractivity contribution is 0.531. The predicted octanol–water partition coefficient (Wildman–Crippen LogP) is 12.5. The molecule has 5 aromatic carbocycles. The molecular formula is C49H39N5. The van der Waals surface area contributed by atoms with Crippen LogP contribution in [0.15, 0.2) is 164 Å². The first-order chi connectivity index (χ1) is 26.6. The van der Waals surface area contributed by atoms with Gasteiger partial charge in [0.1, 0.15) is 0 Å². The fourth-order valence-corrected chi connectivity index (χ4v) is 8.03. The number of benzene rings is 5. The molecule has 0 fully saturated rings. The van der Waals surface area contributed by atoms with E-state index in [4.69, 9.17) is 15.0 Å². The second kappa shape index (κ2) is 12.8. The van der Waals surface area contributed by atoms with Crippen LogP contribution in [0.5, 0.6) is 0 Å². The summed E-state index contributed by atoms with van der Waals surface area (Å²) in [6.07, 6.45) is 21.0. The van der Waals surface area contributed by atoms with Crippen LogP contribution in [-0.4, -0.2) is 24.1 Å². The second-order valence-electron chi connectivity index (χ2n) is 14.6. The minimum atomic E-state index is 0.0479. The highest BCUT2D eigenvalue weighted by atomic mass is 15.2. The molecule has 0 bridgehead atoms. The monoisotopic (exact) mass is 697 g/mol. The van der Waals surface area contributed by atoms with Gasteiger partial charge in [0.25, 0.3) is 0 Å². The number of hydrogen-bond acceptors (Lipinski definition) is 3. The van der Waals surface area contributed by atoms with Crippen LogP contribution in [0, 0.1) is 5.41 Å². The summed E-state index contributed by atoms with van der Waals surface area (Å²) in [7, 11) is 0. The topological polar surface area (TPSA) is 48.5 Å². The SMILES string of the molecule is CCC1(C)C=CC=C(n2c3ccccc3c3cc(-c4ccc5c(c4)c4ccccc4n5-c4nc(C5=CCCC=C5)nc(-c5ccccc5)n4)ccc32)C=C1. The number of allylic oxidation sites excluding steroid dienone is 10. The van der Waals surface area contributed by atoms with E-state index in [1.54, 1.807) is 0 Å². The molecule has 0 aliphatic heterocycles. The minimum absolute atomic E-state index is 0.0479. The molecule has 0 N–H and O–H groups in total. The highest BCUT2D eigenvalue weighted by Crippen LogP contribution is 2.39. The summed E-state index contributed by atoms with van der Waals surface area (Å²) in [5.74, 6) is 1.97. The third-order valence-electron chi connectivity index (χ3n) is 11.2. The van der Waals surface area contributed by atoms with Crippen molar-refractivity contribution in [2.45, 2.75) is 33.1 Å². The highest BCUT2D eigenvalue weighted by Gasteiger charge is 2.21. The van der Waals surface area contributed by atoms with Crippen LogP contribution in [-0.2, 0) is 0 Å². The van der Waals surface area contributed by atoms with Crippen LogP contribution in [0.3, 0.4) is 0 Å². The Balaban J connectivity index is 1.13. The van der Waals surface area contributed by atoms with E-state index in [-0.39, 0.29) is 5.41 Å². The molecule has 1 unspecified atom stereocenters. The lowest BCUT2D eigenvalue weighted by Crippen LogP contribution is -2.08. The first kappa shape index (κ1) is 32.1. The minimum Gasteiger partial charge on any atom is -0.309 e. The molecule has 3 heterocycles. The third kappa shape index (κ3) is 5.35. The molecule has 54 heavy (non-hydrogen) atoms. The zero-order chi connectivity index (χ0) is 36.2. The van der Waals surface area contributed by atoms with Crippen LogP contribution < -0.4 is 0 Å². The van der Waals surface area contributed by atoms with Gasteiger partial charge in [0, 0.05) is 43.8 Å². The molecule has 5 heteroatoms. The van der Waals surface area contributed by atoms with Gasteiger partial charge < -0.3 is 4.57 Å². The van der Waals surface area contributed by atoms with Gasteiger partial charge in [0.05, 0.1) is 22.1 Å². The van der Waals surface area contributed by atoms with Crippen molar-refractivity contribution >= 4 is 54.9 Å². The molecular weight excluding hydrogens is 659 g/mol. The smallest absolute Gasteiger partial charge is 0.238 e. The zero-order valence-corrected chi connectivity index (χ0v) is 30.4. The van der Waals surface area contributed by atoms with Gasteiger partial charge in [0.15, 0.2) is 11.6 Å². The summed E-state index contributed by atoms with van der Waals surface area (Å²) in [6, 6.07) is 41.2. The van der Waals surface area contributed by atoms with Crippen molar-refractivity contribution in [3.8, 4) is 28.5 Å². The summed E-state index contributed by atoms with van der Waals surface area (Å²) in [6.45, 7) is 4.54. The maximum Gasteiger partial charge on any atom is 0.238 e. The van der Waals surface area contributed by atoms with E-state index in [1.807, 2.05) is 18.2 Å². The standard InChI is InChI=1S/C49H39N5/c1-3-49(2)29-14-19-37(28-30-49)53-42-22-12-10-20-38(42)40-31-35(24-26-44(40)53)36-25-27-45-41(32-36)39-21-11-13-23-43(39)54(45)48-51-46(33-15-6-4-7-16-33)50-47(52-48)34-17-8-5-9-18-34/h4,6-8,10-32H,3,5,9H2,1-2H3. The van der Waals surface area contributed by atoms with E-state index in [0.717, 1.165) is 57.8 Å². The number of para-hydroxylation sites is 2. The maximum absolute atomic E-state index is 5.13. The molecule has 2 aliphatic carbocycles. The fraction of sp³-hybridized carbons (Fsp3) is 0.122. The van der Waals surface area contributed by atoms with Gasteiger partial charge >= 0.3 is 0 Å². The largest absolute Gasteiger partial charge is 0.309 e. The Bertz CT molecular complexity index is 2930. The molecule has 0 saturated carbocycles. The van der Waals surface area contributed by atoms with Crippen molar-refractivity contribution in [2.24, 2.45) is 5.41 Å². The molecule has 260 valence electrons. The molecule has 1 atom stereocenters. The lowest BCUT2D eigenvalue weighted by Gasteiger charge is -2.18. The van der Waals surface area contributed by atoms with Crippen LogP contribution in [0.1, 0.15) is 38.9 Å². The predicted molar refractivity (Wildman–Crippen MR) is 225 cm³/mol. The Hall–Kier alpha value is -6.59. The molecule has 0 radical (unpaired) electrons. The second-order valence-corrected chi connectivity index (χ2v) is 14.6. The van der Waals surface area contributed by atoms with Crippen molar-refractivity contribution in [3.63, 3.8) is 0 Å². The fourth-order valence-electron chi connectivity index (χ4n) is 8.03. The molecule has 8 aromatic rings. The molecule has 0 saturated heterocycles. The number of fused-ring (bicyclic) bond motifs is 6. The molecule has 3 aromatic heterocycles.